The minimum absolute atomic E-state index is 0.139. The zero-order valence-corrected chi connectivity index (χ0v) is 16.2. The smallest absolute Gasteiger partial charge is 0.349 e. The molecule has 2 heterocycles. The first-order chi connectivity index (χ1) is 13.4. The Labute approximate surface area is 167 Å². The number of aliphatic hydroxyl groups excluding tert-OH is 1. The van der Waals surface area contributed by atoms with E-state index in [1.54, 1.807) is 19.1 Å². The van der Waals surface area contributed by atoms with E-state index in [4.69, 9.17) is 22.1 Å². The van der Waals surface area contributed by atoms with E-state index >= 15 is 0 Å². The average molecular weight is 420 g/mol. The van der Waals surface area contributed by atoms with E-state index in [2.05, 4.69) is 9.97 Å². The van der Waals surface area contributed by atoms with Crippen LogP contribution in [0.2, 0.25) is 5.02 Å². The Morgan fingerprint density at radius 1 is 1.46 bits per heavy atom. The molecule has 2 aromatic heterocycles. The molecule has 28 heavy (non-hydrogen) atoms. The fourth-order valence-corrected chi connectivity index (χ4v) is 4.50. The molecule has 0 saturated carbocycles. The van der Waals surface area contributed by atoms with Gasteiger partial charge in [0.2, 0.25) is 0 Å². The molecule has 0 saturated heterocycles. The van der Waals surface area contributed by atoms with E-state index < -0.39 is 18.0 Å². The number of nitrogens with one attached hydrogen (secondary N) is 1. The van der Waals surface area contributed by atoms with Crippen molar-refractivity contribution in [2.75, 3.05) is 6.61 Å². The molecule has 4 aromatic rings. The van der Waals surface area contributed by atoms with Gasteiger partial charge in [0.25, 0.3) is 0 Å². The lowest BCUT2D eigenvalue weighted by molar-refractivity contribution is 0.0533. The number of benzene rings is 2. The van der Waals surface area contributed by atoms with Gasteiger partial charge in [0.1, 0.15) is 28.3 Å². The molecule has 2 aromatic carbocycles. The summed E-state index contributed by atoms with van der Waals surface area (Å²) in [5.74, 6) is -0.840. The number of esters is 1. The Balaban J connectivity index is 2.01. The van der Waals surface area contributed by atoms with E-state index in [1.807, 2.05) is 6.07 Å². The van der Waals surface area contributed by atoms with Crippen molar-refractivity contribution in [2.45, 2.75) is 13.2 Å². The molecule has 4 rings (SSSR count). The van der Waals surface area contributed by atoms with Gasteiger partial charge in [-0.1, -0.05) is 17.7 Å². The number of ether oxygens (including phenoxy) is 1. The molecule has 6 nitrogen and oxygen atoms in total. The van der Waals surface area contributed by atoms with Crippen molar-refractivity contribution in [3.8, 4) is 11.4 Å². The van der Waals surface area contributed by atoms with Crippen molar-refractivity contribution >= 4 is 50.0 Å². The standard InChI is InChI=1S/C19H15ClFN3O3S/c1-2-27-19(26)16-14(13-9(20)4-3-5-12(13)28-16)18-23-11-7-8(17(22)25)6-10(21)15(11)24-18/h3-7,17,25H,2,22H2,1H3,(H,23,24). The van der Waals surface area contributed by atoms with E-state index in [0.29, 0.717) is 20.8 Å². The number of thiophene rings is 1. The predicted molar refractivity (Wildman–Crippen MR) is 107 cm³/mol. The van der Waals surface area contributed by atoms with Crippen LogP contribution in [-0.2, 0) is 4.74 Å². The average Bonchev–Trinajstić information content (AvgIpc) is 3.24. The number of nitrogens with two attached hydrogens (primary N) is 1. The number of fused-ring (bicyclic) bond motifs is 2. The summed E-state index contributed by atoms with van der Waals surface area (Å²) in [5, 5.41) is 10.6. The largest absolute Gasteiger partial charge is 0.462 e. The maximum atomic E-state index is 14.5. The monoisotopic (exact) mass is 419 g/mol. The molecule has 0 spiro atoms. The molecule has 0 aliphatic heterocycles. The number of imidazole rings is 1. The van der Waals surface area contributed by atoms with Gasteiger partial charge in [-0.15, -0.1) is 11.3 Å². The van der Waals surface area contributed by atoms with Crippen LogP contribution in [0.1, 0.15) is 28.4 Å². The number of hydrogen-bond acceptors (Lipinski definition) is 6. The van der Waals surface area contributed by atoms with Gasteiger partial charge >= 0.3 is 5.97 Å². The fraction of sp³-hybridized carbons (Fsp3) is 0.158. The number of carbonyl (C=O) groups excluding carboxylic acids is 1. The predicted octanol–water partition coefficient (Wildman–Crippen LogP) is 4.36. The summed E-state index contributed by atoms with van der Waals surface area (Å²) in [6, 6.07) is 7.96. The molecule has 4 N–H and O–H groups in total. The second-order valence-corrected chi connectivity index (χ2v) is 7.53. The summed E-state index contributed by atoms with van der Waals surface area (Å²) in [7, 11) is 0. The molecule has 1 atom stereocenters. The highest BCUT2D eigenvalue weighted by molar-refractivity contribution is 7.21. The van der Waals surface area contributed by atoms with Gasteiger partial charge in [0.05, 0.1) is 22.7 Å². The molecular weight excluding hydrogens is 405 g/mol. The lowest BCUT2D eigenvalue weighted by Crippen LogP contribution is -2.08. The van der Waals surface area contributed by atoms with Crippen LogP contribution in [-0.4, -0.2) is 27.7 Å². The first kappa shape index (κ1) is 18.8. The third-order valence-electron chi connectivity index (χ3n) is 4.27. The Hall–Kier alpha value is -2.52. The van der Waals surface area contributed by atoms with Crippen molar-refractivity contribution in [1.29, 1.82) is 0 Å². The van der Waals surface area contributed by atoms with Crippen LogP contribution in [0, 0.1) is 5.82 Å². The maximum Gasteiger partial charge on any atom is 0.349 e. The summed E-state index contributed by atoms with van der Waals surface area (Å²) in [6.45, 7) is 1.93. The van der Waals surface area contributed by atoms with Crippen molar-refractivity contribution in [1.82, 2.24) is 9.97 Å². The molecule has 0 aliphatic carbocycles. The Kier molecular flexibility index (Phi) is 4.80. The van der Waals surface area contributed by atoms with Crippen LogP contribution in [0.3, 0.4) is 0 Å². The van der Waals surface area contributed by atoms with E-state index in [-0.39, 0.29) is 29.0 Å². The summed E-state index contributed by atoms with van der Waals surface area (Å²) >= 11 is 7.62. The van der Waals surface area contributed by atoms with E-state index in [9.17, 15) is 14.3 Å². The number of nitrogens with zero attached hydrogens (tertiary/aromatic N) is 1. The highest BCUT2D eigenvalue weighted by Crippen LogP contribution is 2.42. The first-order valence-electron chi connectivity index (χ1n) is 8.42. The summed E-state index contributed by atoms with van der Waals surface area (Å²) in [4.78, 5) is 20.2. The second-order valence-electron chi connectivity index (χ2n) is 6.07. The SMILES string of the molecule is CCOC(=O)c1sc2cccc(Cl)c2c1-c1nc2cc(C(N)O)cc(F)c2[nH]1. The van der Waals surface area contributed by atoms with Crippen molar-refractivity contribution in [3.63, 3.8) is 0 Å². The van der Waals surface area contributed by atoms with Crippen LogP contribution in [0.15, 0.2) is 30.3 Å². The number of carbonyl (C=O) groups is 1. The molecule has 0 aliphatic rings. The topological polar surface area (TPSA) is 101 Å². The number of H-pyrrole nitrogens is 1. The summed E-state index contributed by atoms with van der Waals surface area (Å²) in [6.07, 6.45) is -1.33. The third-order valence-corrected chi connectivity index (χ3v) is 5.72. The summed E-state index contributed by atoms with van der Waals surface area (Å²) < 4.78 is 20.4. The molecule has 9 heteroatoms. The normalized spacial score (nSPS) is 12.6. The molecule has 0 radical (unpaired) electrons. The van der Waals surface area contributed by atoms with Gasteiger partial charge in [-0.2, -0.15) is 0 Å². The highest BCUT2D eigenvalue weighted by atomic mass is 35.5. The van der Waals surface area contributed by atoms with Gasteiger partial charge in [-0.05, 0) is 31.2 Å². The molecule has 144 valence electrons. The quantitative estimate of drug-likeness (QED) is 0.337. The van der Waals surface area contributed by atoms with Gasteiger partial charge in [0, 0.05) is 15.6 Å². The van der Waals surface area contributed by atoms with E-state index in [0.717, 1.165) is 10.8 Å². The highest BCUT2D eigenvalue weighted by Gasteiger charge is 2.25. The Morgan fingerprint density at radius 2 is 2.25 bits per heavy atom. The van der Waals surface area contributed by atoms with Crippen molar-refractivity contribution in [3.05, 3.63) is 51.6 Å². The number of halogens is 2. The number of rotatable bonds is 4. The van der Waals surface area contributed by atoms with Crippen molar-refractivity contribution in [2.24, 2.45) is 5.73 Å². The Bertz CT molecular complexity index is 1220. The summed E-state index contributed by atoms with van der Waals surface area (Å²) in [5.41, 5.74) is 6.50. The van der Waals surface area contributed by atoms with Crippen molar-refractivity contribution < 1.29 is 19.0 Å². The maximum absolute atomic E-state index is 14.5. The third kappa shape index (κ3) is 3.04. The fourth-order valence-electron chi connectivity index (χ4n) is 3.05. The molecule has 1 unspecified atom stereocenters. The second kappa shape index (κ2) is 7.14. The minimum atomic E-state index is -1.33. The van der Waals surface area contributed by atoms with Crippen LogP contribution in [0.5, 0.6) is 0 Å². The van der Waals surface area contributed by atoms with Crippen LogP contribution in [0.25, 0.3) is 32.5 Å². The number of aliphatic hydroxyl groups is 1. The zero-order valence-electron chi connectivity index (χ0n) is 14.6. The van der Waals surface area contributed by atoms with Crippen LogP contribution >= 0.6 is 22.9 Å². The van der Waals surface area contributed by atoms with Gasteiger partial charge < -0.3 is 20.6 Å². The Morgan fingerprint density at radius 3 is 2.96 bits per heavy atom. The van der Waals surface area contributed by atoms with Gasteiger partial charge in [-0.3, -0.25) is 0 Å². The van der Waals surface area contributed by atoms with Crippen LogP contribution in [0.4, 0.5) is 4.39 Å². The minimum Gasteiger partial charge on any atom is -0.462 e. The number of hydrogen-bond donors (Lipinski definition) is 3. The van der Waals surface area contributed by atoms with Crippen LogP contribution < -0.4 is 5.73 Å². The first-order valence-corrected chi connectivity index (χ1v) is 9.61. The molecule has 0 bridgehead atoms. The molecular formula is C19H15ClFN3O3S. The van der Waals surface area contributed by atoms with E-state index in [1.165, 1.54) is 17.4 Å². The van der Waals surface area contributed by atoms with Gasteiger partial charge in [-0.25, -0.2) is 14.2 Å². The lowest BCUT2D eigenvalue weighted by atomic mass is 10.1. The molecule has 0 fully saturated rings. The van der Waals surface area contributed by atoms with Gasteiger partial charge in [0.15, 0.2) is 0 Å². The number of aromatic amines is 1. The zero-order chi connectivity index (χ0) is 20.0. The lowest BCUT2D eigenvalue weighted by Gasteiger charge is -2.04. The number of aromatic nitrogens is 2. The molecule has 0 amide bonds.